The van der Waals surface area contributed by atoms with Gasteiger partial charge in [0.2, 0.25) is 15.9 Å². The Bertz CT molecular complexity index is 1550. The molecule has 0 bridgehead atoms. The zero-order chi connectivity index (χ0) is 35.5. The molecule has 0 unspecified atom stereocenters. The van der Waals surface area contributed by atoms with Gasteiger partial charge in [-0.25, -0.2) is 8.42 Å². The molecule has 3 aromatic carbocycles. The minimum absolute atomic E-state index is 0.121. The second-order valence-corrected chi connectivity index (χ2v) is 13.5. The zero-order valence-corrected chi connectivity index (χ0v) is 29.5. The number of carbonyl (C=O) groups is 3. The van der Waals surface area contributed by atoms with E-state index in [0.717, 1.165) is 33.7 Å². The molecule has 0 aliphatic carbocycles. The number of amides is 3. The van der Waals surface area contributed by atoms with Crippen molar-refractivity contribution >= 4 is 33.4 Å². The van der Waals surface area contributed by atoms with Gasteiger partial charge in [-0.05, 0) is 54.7 Å². The molecule has 0 aliphatic rings. The fourth-order valence-electron chi connectivity index (χ4n) is 4.24. The SMILES string of the molecule is CCCC.C[C@H](NCCNC(=O)c1cc(C(=O)NCc2ccccc2)cc(N(C)S(C)(=O)=O)c1)C(=O)NCc1ccc(CCCO)cc1. The van der Waals surface area contributed by atoms with Gasteiger partial charge in [-0.1, -0.05) is 81.3 Å². The molecule has 3 amide bonds. The van der Waals surface area contributed by atoms with Crippen molar-refractivity contribution in [2.45, 2.75) is 65.6 Å². The normalized spacial score (nSPS) is 11.5. The average molecular weight is 682 g/mol. The van der Waals surface area contributed by atoms with Crippen molar-refractivity contribution in [3.05, 3.63) is 101 Å². The van der Waals surface area contributed by atoms with Crippen LogP contribution in [0.25, 0.3) is 0 Å². The first kappa shape index (κ1) is 39.9. The Morgan fingerprint density at radius 2 is 1.31 bits per heavy atom. The van der Waals surface area contributed by atoms with Crippen LogP contribution in [0.1, 0.15) is 77.4 Å². The summed E-state index contributed by atoms with van der Waals surface area (Å²) in [6.45, 7) is 7.36. The highest BCUT2D eigenvalue weighted by Gasteiger charge is 2.19. The van der Waals surface area contributed by atoms with Gasteiger partial charge in [0, 0.05) is 51.0 Å². The first-order valence-electron chi connectivity index (χ1n) is 16.3. The number of carbonyl (C=O) groups excluding carboxylic acids is 3. The molecule has 0 spiro atoms. The number of rotatable bonds is 17. The summed E-state index contributed by atoms with van der Waals surface area (Å²) in [7, 11) is -2.30. The molecule has 0 saturated heterocycles. The molecular formula is C36H51N5O6S. The van der Waals surface area contributed by atoms with Crippen molar-refractivity contribution in [3.63, 3.8) is 0 Å². The Morgan fingerprint density at radius 1 is 0.771 bits per heavy atom. The molecule has 0 heterocycles. The number of anilines is 1. The Balaban J connectivity index is 0.00000189. The number of hydrogen-bond donors (Lipinski definition) is 5. The first-order chi connectivity index (χ1) is 22.9. The standard InChI is InChI=1S/C32H41N5O6S.C4H10/c1-23(30(39)35-22-26-13-11-24(12-14-26)10-7-17-38)33-15-16-34-31(40)27-18-28(20-29(19-27)37(2)44(3,42)43)32(41)36-21-25-8-5-4-6-9-25;1-3-4-2/h4-6,8-9,11-14,18-20,23,33,38H,7,10,15-17,21-22H2,1-3H3,(H,34,40)(H,35,39)(H,36,41);3-4H2,1-2H3/t23-;/m0./s1. The maximum atomic E-state index is 13.0. The lowest BCUT2D eigenvalue weighted by Gasteiger charge is -2.19. The van der Waals surface area contributed by atoms with Crippen molar-refractivity contribution in [2.24, 2.45) is 0 Å². The van der Waals surface area contributed by atoms with Crippen LogP contribution in [0.2, 0.25) is 0 Å². The largest absolute Gasteiger partial charge is 0.396 e. The third-order valence-corrected chi connectivity index (χ3v) is 8.67. The molecule has 0 radical (unpaired) electrons. The molecule has 1 atom stereocenters. The minimum Gasteiger partial charge on any atom is -0.396 e. The summed E-state index contributed by atoms with van der Waals surface area (Å²) in [5, 5.41) is 20.5. The van der Waals surface area contributed by atoms with E-state index in [4.69, 9.17) is 5.11 Å². The highest BCUT2D eigenvalue weighted by Crippen LogP contribution is 2.21. The number of unbranched alkanes of at least 4 members (excludes halogenated alkanes) is 1. The molecule has 0 fully saturated rings. The van der Waals surface area contributed by atoms with E-state index in [9.17, 15) is 22.8 Å². The smallest absolute Gasteiger partial charge is 0.251 e. The second kappa shape index (κ2) is 20.9. The molecular weight excluding hydrogens is 630 g/mol. The van der Waals surface area contributed by atoms with Gasteiger partial charge in [-0.3, -0.25) is 18.7 Å². The van der Waals surface area contributed by atoms with Crippen molar-refractivity contribution in [2.75, 3.05) is 37.3 Å². The maximum absolute atomic E-state index is 13.0. The number of nitrogens with zero attached hydrogens (tertiary/aromatic N) is 1. The number of hydrogen-bond acceptors (Lipinski definition) is 7. The van der Waals surface area contributed by atoms with Gasteiger partial charge in [-0.15, -0.1) is 0 Å². The van der Waals surface area contributed by atoms with Crippen LogP contribution in [-0.2, 0) is 34.3 Å². The Hall–Kier alpha value is -4.26. The Morgan fingerprint density at radius 3 is 1.88 bits per heavy atom. The Kier molecular flexibility index (Phi) is 17.4. The van der Waals surface area contributed by atoms with Gasteiger partial charge in [0.15, 0.2) is 0 Å². The molecule has 12 heteroatoms. The quantitative estimate of drug-likeness (QED) is 0.136. The number of benzene rings is 3. The lowest BCUT2D eigenvalue weighted by atomic mass is 10.1. The molecule has 3 rings (SSSR count). The van der Waals surface area contributed by atoms with E-state index in [0.29, 0.717) is 19.5 Å². The highest BCUT2D eigenvalue weighted by molar-refractivity contribution is 7.92. The van der Waals surface area contributed by atoms with Crippen LogP contribution in [-0.4, -0.2) is 70.3 Å². The number of aliphatic hydroxyl groups excluding tert-OH is 1. The van der Waals surface area contributed by atoms with Crippen LogP contribution in [0, 0.1) is 0 Å². The predicted molar refractivity (Wildman–Crippen MR) is 191 cm³/mol. The van der Waals surface area contributed by atoms with Gasteiger partial charge >= 0.3 is 0 Å². The zero-order valence-electron chi connectivity index (χ0n) is 28.7. The lowest BCUT2D eigenvalue weighted by molar-refractivity contribution is -0.122. The maximum Gasteiger partial charge on any atom is 0.251 e. The van der Waals surface area contributed by atoms with E-state index in [1.807, 2.05) is 54.6 Å². The van der Waals surface area contributed by atoms with E-state index in [1.165, 1.54) is 38.1 Å². The molecule has 5 N–H and O–H groups in total. The molecule has 3 aromatic rings. The fourth-order valence-corrected chi connectivity index (χ4v) is 4.72. The van der Waals surface area contributed by atoms with E-state index >= 15 is 0 Å². The van der Waals surface area contributed by atoms with Gasteiger partial charge in [0.1, 0.15) is 0 Å². The summed E-state index contributed by atoms with van der Waals surface area (Å²) >= 11 is 0. The van der Waals surface area contributed by atoms with Gasteiger partial charge in [0.05, 0.1) is 18.0 Å². The van der Waals surface area contributed by atoms with Crippen LogP contribution in [0.5, 0.6) is 0 Å². The number of aryl methyl sites for hydroxylation is 1. The molecule has 0 aliphatic heterocycles. The van der Waals surface area contributed by atoms with Gasteiger partial charge in [0.25, 0.3) is 11.8 Å². The van der Waals surface area contributed by atoms with Crippen molar-refractivity contribution in [1.82, 2.24) is 21.3 Å². The average Bonchev–Trinajstić information content (AvgIpc) is 3.10. The second-order valence-electron chi connectivity index (χ2n) is 11.5. The minimum atomic E-state index is -3.65. The third-order valence-electron chi connectivity index (χ3n) is 7.47. The lowest BCUT2D eigenvalue weighted by Crippen LogP contribution is -2.44. The molecule has 262 valence electrons. The fraction of sp³-hybridized carbons (Fsp3) is 0.417. The number of sulfonamides is 1. The third kappa shape index (κ3) is 14.2. The summed E-state index contributed by atoms with van der Waals surface area (Å²) in [6, 6.07) is 20.9. The monoisotopic (exact) mass is 681 g/mol. The molecule has 11 nitrogen and oxygen atoms in total. The summed E-state index contributed by atoms with van der Waals surface area (Å²) in [4.78, 5) is 38.5. The topological polar surface area (TPSA) is 157 Å². The van der Waals surface area contributed by atoms with E-state index < -0.39 is 27.9 Å². The van der Waals surface area contributed by atoms with Crippen LogP contribution in [0.4, 0.5) is 5.69 Å². The number of nitrogens with one attached hydrogen (secondary N) is 4. The summed E-state index contributed by atoms with van der Waals surface area (Å²) in [6.07, 6.45) is 5.18. The summed E-state index contributed by atoms with van der Waals surface area (Å²) in [5.74, 6) is -1.14. The van der Waals surface area contributed by atoms with E-state index in [1.54, 1.807) is 6.92 Å². The predicted octanol–water partition coefficient (Wildman–Crippen LogP) is 3.77. The van der Waals surface area contributed by atoms with Gasteiger partial charge < -0.3 is 26.4 Å². The van der Waals surface area contributed by atoms with Crippen molar-refractivity contribution < 1.29 is 27.9 Å². The molecule has 48 heavy (non-hydrogen) atoms. The summed E-state index contributed by atoms with van der Waals surface area (Å²) in [5.41, 5.74) is 3.42. The molecule has 0 saturated carbocycles. The van der Waals surface area contributed by atoms with Crippen molar-refractivity contribution in [3.8, 4) is 0 Å². The van der Waals surface area contributed by atoms with Crippen LogP contribution in [0.3, 0.4) is 0 Å². The van der Waals surface area contributed by atoms with E-state index in [-0.39, 0.29) is 42.4 Å². The van der Waals surface area contributed by atoms with E-state index in [2.05, 4.69) is 35.1 Å². The summed E-state index contributed by atoms with van der Waals surface area (Å²) < 4.78 is 25.4. The van der Waals surface area contributed by atoms with Crippen LogP contribution in [0.15, 0.2) is 72.8 Å². The van der Waals surface area contributed by atoms with Crippen LogP contribution < -0.4 is 25.6 Å². The Labute approximate surface area is 285 Å². The van der Waals surface area contributed by atoms with Crippen molar-refractivity contribution in [1.29, 1.82) is 0 Å². The highest BCUT2D eigenvalue weighted by atomic mass is 32.2. The first-order valence-corrected chi connectivity index (χ1v) is 18.1. The van der Waals surface area contributed by atoms with Crippen LogP contribution >= 0.6 is 0 Å². The number of aliphatic hydroxyl groups is 1. The van der Waals surface area contributed by atoms with Gasteiger partial charge in [-0.2, -0.15) is 0 Å². The molecule has 0 aromatic heterocycles.